The first-order chi connectivity index (χ1) is 21.7. The molecule has 1 aromatic heterocycles. The lowest BCUT2D eigenvalue weighted by Crippen LogP contribution is -2.52. The van der Waals surface area contributed by atoms with Crippen molar-refractivity contribution in [2.75, 3.05) is 13.1 Å². The first-order valence-electron chi connectivity index (χ1n) is 17.5. The van der Waals surface area contributed by atoms with Crippen LogP contribution in [0.25, 0.3) is 0 Å². The summed E-state index contributed by atoms with van der Waals surface area (Å²) < 4.78 is 0. The van der Waals surface area contributed by atoms with Gasteiger partial charge >= 0.3 is 0 Å². The number of hydrogen-bond acceptors (Lipinski definition) is 7. The van der Waals surface area contributed by atoms with Gasteiger partial charge in [-0.05, 0) is 97.6 Å². The van der Waals surface area contributed by atoms with Gasteiger partial charge in [0.1, 0.15) is 5.66 Å². The van der Waals surface area contributed by atoms with Crippen LogP contribution in [0.1, 0.15) is 135 Å². The van der Waals surface area contributed by atoms with Crippen molar-refractivity contribution in [3.63, 3.8) is 0 Å². The molecule has 5 rings (SSSR count). The summed E-state index contributed by atoms with van der Waals surface area (Å²) in [5.41, 5.74) is 1.41. The van der Waals surface area contributed by atoms with Crippen LogP contribution in [0, 0.1) is 28.6 Å². The lowest BCUT2D eigenvalue weighted by molar-refractivity contribution is -0.134. The highest BCUT2D eigenvalue weighted by atomic mass is 16.2. The van der Waals surface area contributed by atoms with Gasteiger partial charge in [0, 0.05) is 18.7 Å². The molecule has 2 amide bonds. The van der Waals surface area contributed by atoms with E-state index in [2.05, 4.69) is 91.1 Å². The molecule has 3 aliphatic rings. The van der Waals surface area contributed by atoms with E-state index in [0.29, 0.717) is 35.0 Å². The third kappa shape index (κ3) is 7.63. The smallest absolute Gasteiger partial charge is 0.291 e. The number of carbonyl (C=O) groups excluding carboxylic acids is 2. The Morgan fingerprint density at radius 2 is 1.67 bits per heavy atom. The van der Waals surface area contributed by atoms with Crippen molar-refractivity contribution in [3.8, 4) is 0 Å². The van der Waals surface area contributed by atoms with Crippen molar-refractivity contribution in [2.45, 2.75) is 125 Å². The molecule has 1 spiro atoms. The number of carbonyl (C=O) groups is 2. The molecule has 1 aromatic carbocycles. The van der Waals surface area contributed by atoms with Gasteiger partial charge < -0.3 is 15.1 Å². The van der Waals surface area contributed by atoms with Crippen LogP contribution >= 0.6 is 0 Å². The number of H-pyrrole nitrogens is 1. The van der Waals surface area contributed by atoms with E-state index < -0.39 is 5.66 Å². The van der Waals surface area contributed by atoms with E-state index in [0.717, 1.165) is 70.0 Å². The van der Waals surface area contributed by atoms with E-state index in [-0.39, 0.29) is 35.2 Å². The number of amides is 2. The summed E-state index contributed by atoms with van der Waals surface area (Å²) >= 11 is 0. The summed E-state index contributed by atoms with van der Waals surface area (Å²) in [6, 6.07) is 7.67. The Balaban J connectivity index is 1.45. The van der Waals surface area contributed by atoms with Crippen LogP contribution in [0.15, 0.2) is 29.3 Å². The molecule has 0 radical (unpaired) electrons. The molecule has 2 fully saturated rings. The molecular formula is C36H56N8O2. The number of likely N-dealkylation sites (tertiary alicyclic amines) is 1. The summed E-state index contributed by atoms with van der Waals surface area (Å²) in [4.78, 5) is 37.6. The van der Waals surface area contributed by atoms with E-state index in [1.807, 2.05) is 24.3 Å². The molecule has 1 saturated heterocycles. The van der Waals surface area contributed by atoms with Crippen LogP contribution in [-0.2, 0) is 11.3 Å². The molecule has 46 heavy (non-hydrogen) atoms. The van der Waals surface area contributed by atoms with E-state index >= 15 is 0 Å². The summed E-state index contributed by atoms with van der Waals surface area (Å²) in [6.45, 7) is 20.4. The predicted molar refractivity (Wildman–Crippen MR) is 181 cm³/mol. The number of amidine groups is 1. The molecule has 2 aliphatic heterocycles. The fourth-order valence-corrected chi connectivity index (χ4v) is 7.70. The number of tetrazole rings is 1. The number of nitrogens with zero attached hydrogens (tertiary/aromatic N) is 6. The summed E-state index contributed by atoms with van der Waals surface area (Å²) in [5.74, 6) is 2.94. The van der Waals surface area contributed by atoms with E-state index in [9.17, 15) is 9.59 Å². The SMILES string of the molecule is CC(C)C1CCN(C2=NC3(CCC(C(C)(C)C)CC3)N([C@H](CCC(C)(C)C)c3ccc(C(=O)NCc4nn[nH]n4)cc3)C2=O)CC1. The molecule has 1 aliphatic carbocycles. The minimum atomic E-state index is -0.535. The molecule has 2 aromatic rings. The van der Waals surface area contributed by atoms with Crippen molar-refractivity contribution in [1.29, 1.82) is 0 Å². The third-order valence-electron chi connectivity index (χ3n) is 10.8. The molecule has 0 bridgehead atoms. The van der Waals surface area contributed by atoms with Gasteiger partial charge in [-0.1, -0.05) is 72.7 Å². The predicted octanol–water partition coefficient (Wildman–Crippen LogP) is 6.54. The maximum atomic E-state index is 14.8. The number of aromatic amines is 1. The van der Waals surface area contributed by atoms with Gasteiger partial charge in [0.05, 0.1) is 12.6 Å². The standard InChI is InChI=1S/C36H56N8O2/c1-24(2)25-16-21-43(22-17-25)31-33(46)44(36(38-31)19-13-28(14-20-36)35(6,7)8)29(15-18-34(3,4)5)26-9-11-27(12-10-26)32(45)37-23-30-39-41-42-40-30/h9-12,24-25,28-29H,13-23H2,1-8H3,(H,37,45)(H,39,40,41,42)/t28?,29-,36?/m1/s1. The van der Waals surface area contributed by atoms with Crippen LogP contribution in [-0.4, -0.2) is 66.8 Å². The fraction of sp³-hybridized carbons (Fsp3) is 0.722. The highest BCUT2D eigenvalue weighted by molar-refractivity contribution is 6.39. The maximum Gasteiger partial charge on any atom is 0.291 e. The first kappa shape index (κ1) is 34.0. The van der Waals surface area contributed by atoms with Gasteiger partial charge in [-0.3, -0.25) is 9.59 Å². The van der Waals surface area contributed by atoms with Crippen molar-refractivity contribution in [3.05, 3.63) is 41.2 Å². The summed E-state index contributed by atoms with van der Waals surface area (Å²) in [7, 11) is 0. The largest absolute Gasteiger partial charge is 0.352 e. The van der Waals surface area contributed by atoms with Crippen molar-refractivity contribution >= 4 is 17.6 Å². The highest BCUT2D eigenvalue weighted by Gasteiger charge is 2.53. The molecule has 0 unspecified atom stereocenters. The van der Waals surface area contributed by atoms with Gasteiger partial charge in [-0.15, -0.1) is 10.2 Å². The van der Waals surface area contributed by atoms with Gasteiger partial charge in [-0.25, -0.2) is 4.99 Å². The number of hydrogen-bond donors (Lipinski definition) is 2. The van der Waals surface area contributed by atoms with Crippen LogP contribution < -0.4 is 5.32 Å². The molecule has 2 N–H and O–H groups in total. The minimum Gasteiger partial charge on any atom is -0.352 e. The van der Waals surface area contributed by atoms with Crippen LogP contribution in [0.2, 0.25) is 0 Å². The second-order valence-corrected chi connectivity index (χ2v) is 16.5. The molecule has 1 saturated carbocycles. The van der Waals surface area contributed by atoms with Gasteiger partial charge in [-0.2, -0.15) is 5.21 Å². The van der Waals surface area contributed by atoms with Crippen LogP contribution in [0.4, 0.5) is 0 Å². The quantitative estimate of drug-likeness (QED) is 0.341. The lowest BCUT2D eigenvalue weighted by Gasteiger charge is -2.47. The van der Waals surface area contributed by atoms with Crippen molar-refractivity contribution < 1.29 is 9.59 Å². The number of aromatic nitrogens is 4. The number of aliphatic imine (C=N–C) groups is 1. The second kappa shape index (κ2) is 13.4. The topological polar surface area (TPSA) is 119 Å². The molecule has 3 heterocycles. The Hall–Kier alpha value is -3.30. The fourth-order valence-electron chi connectivity index (χ4n) is 7.70. The minimum absolute atomic E-state index is 0.0815. The van der Waals surface area contributed by atoms with E-state index in [1.54, 1.807) is 0 Å². The zero-order valence-electron chi connectivity index (χ0n) is 29.4. The number of piperidine rings is 1. The second-order valence-electron chi connectivity index (χ2n) is 16.5. The van der Waals surface area contributed by atoms with Gasteiger partial charge in [0.2, 0.25) is 0 Å². The third-order valence-corrected chi connectivity index (χ3v) is 10.8. The molecule has 10 nitrogen and oxygen atoms in total. The molecular weight excluding hydrogens is 576 g/mol. The number of benzene rings is 1. The van der Waals surface area contributed by atoms with Gasteiger partial charge in [0.15, 0.2) is 11.7 Å². The van der Waals surface area contributed by atoms with Crippen molar-refractivity contribution in [2.24, 2.45) is 33.6 Å². The Kier molecular flexibility index (Phi) is 9.94. The number of rotatable bonds is 8. The summed E-state index contributed by atoms with van der Waals surface area (Å²) in [6.07, 6.45) is 7.89. The lowest BCUT2D eigenvalue weighted by atomic mass is 9.69. The normalized spacial score (nSPS) is 23.7. The van der Waals surface area contributed by atoms with E-state index in [1.165, 1.54) is 0 Å². The first-order valence-corrected chi connectivity index (χ1v) is 17.5. The molecule has 252 valence electrons. The Morgan fingerprint density at radius 1 is 1.02 bits per heavy atom. The van der Waals surface area contributed by atoms with Crippen molar-refractivity contribution in [1.82, 2.24) is 35.7 Å². The van der Waals surface area contributed by atoms with Crippen LogP contribution in [0.5, 0.6) is 0 Å². The Labute approximate surface area is 275 Å². The van der Waals surface area contributed by atoms with Gasteiger partial charge in [0.25, 0.3) is 11.8 Å². The van der Waals surface area contributed by atoms with Crippen LogP contribution in [0.3, 0.4) is 0 Å². The highest BCUT2D eigenvalue weighted by Crippen LogP contribution is 2.50. The summed E-state index contributed by atoms with van der Waals surface area (Å²) in [5, 5.41) is 16.6. The average molecular weight is 633 g/mol. The molecule has 10 heteroatoms. The Morgan fingerprint density at radius 3 is 2.22 bits per heavy atom. The zero-order valence-corrected chi connectivity index (χ0v) is 29.4. The zero-order chi connectivity index (χ0) is 33.3. The monoisotopic (exact) mass is 632 g/mol. The number of nitrogens with one attached hydrogen (secondary N) is 2. The Bertz CT molecular complexity index is 1350. The maximum absolute atomic E-state index is 14.8. The molecule has 1 atom stereocenters. The average Bonchev–Trinajstić information content (AvgIpc) is 3.62. The van der Waals surface area contributed by atoms with E-state index in [4.69, 9.17) is 4.99 Å².